The lowest BCUT2D eigenvalue weighted by Gasteiger charge is -2.14. The Balaban J connectivity index is 1.42. The molecule has 0 aliphatic heterocycles. The fraction of sp³-hybridized carbons (Fsp3) is 0.214. The molecule has 0 N–H and O–H groups in total. The number of ether oxygens (including phenoxy) is 3. The third kappa shape index (κ3) is 5.81. The van der Waals surface area contributed by atoms with Crippen molar-refractivity contribution in [1.29, 1.82) is 5.26 Å². The zero-order valence-electron chi connectivity index (χ0n) is 19.5. The highest BCUT2D eigenvalue weighted by molar-refractivity contribution is 6.48. The molecule has 5 nitrogen and oxygen atoms in total. The summed E-state index contributed by atoms with van der Waals surface area (Å²) in [6.45, 7) is 3.88. The number of carbonyl (C=O) groups excluding carboxylic acids is 1. The summed E-state index contributed by atoms with van der Waals surface area (Å²) in [5.41, 5.74) is 0.666. The van der Waals surface area contributed by atoms with Gasteiger partial charge in [0.2, 0.25) is 6.10 Å². The molecule has 0 radical (unpaired) electrons. The first-order valence-corrected chi connectivity index (χ1v) is 11.9. The maximum Gasteiger partial charge on any atom is 0.510 e. The fourth-order valence-corrected chi connectivity index (χ4v) is 4.18. The van der Waals surface area contributed by atoms with E-state index in [1.807, 2.05) is 26.0 Å². The van der Waals surface area contributed by atoms with Crippen LogP contribution in [0, 0.1) is 28.5 Å². The van der Waals surface area contributed by atoms with Gasteiger partial charge >= 0.3 is 6.16 Å². The van der Waals surface area contributed by atoms with E-state index >= 15 is 0 Å². The monoisotopic (exact) mass is 525 g/mol. The summed E-state index contributed by atoms with van der Waals surface area (Å²) in [4.78, 5) is 12.5. The predicted octanol–water partition coefficient (Wildman–Crippen LogP) is 8.29. The molecule has 3 atom stereocenters. The Morgan fingerprint density at radius 3 is 2.47 bits per heavy atom. The molecular weight excluding hydrogens is 504 g/mol. The van der Waals surface area contributed by atoms with Gasteiger partial charge in [0.1, 0.15) is 17.9 Å². The highest BCUT2D eigenvalue weighted by Gasteiger charge is 2.60. The molecule has 184 valence electrons. The van der Waals surface area contributed by atoms with Crippen LogP contribution in [0.1, 0.15) is 31.1 Å². The molecule has 0 bridgehead atoms. The van der Waals surface area contributed by atoms with Crippen molar-refractivity contribution >= 4 is 34.4 Å². The minimum absolute atomic E-state index is 0.0960. The van der Waals surface area contributed by atoms with E-state index in [9.17, 15) is 14.4 Å². The lowest BCUT2D eigenvalue weighted by Crippen LogP contribution is -2.15. The van der Waals surface area contributed by atoms with Gasteiger partial charge in [0.05, 0.1) is 0 Å². The van der Waals surface area contributed by atoms with Crippen molar-refractivity contribution in [2.24, 2.45) is 11.3 Å². The summed E-state index contributed by atoms with van der Waals surface area (Å²) >= 11 is 12.4. The zero-order chi connectivity index (χ0) is 25.9. The summed E-state index contributed by atoms with van der Waals surface area (Å²) in [5.74, 6) is -0.435. The van der Waals surface area contributed by atoms with Crippen molar-refractivity contribution in [2.75, 3.05) is 0 Å². The quantitative estimate of drug-likeness (QED) is 0.290. The first-order valence-electron chi connectivity index (χ1n) is 11.1. The van der Waals surface area contributed by atoms with Crippen LogP contribution in [-0.4, -0.2) is 12.3 Å². The first kappa shape index (κ1) is 25.6. The van der Waals surface area contributed by atoms with Gasteiger partial charge in [0.25, 0.3) is 0 Å². The normalized spacial score (nSPS) is 19.1. The number of hydrogen-bond acceptors (Lipinski definition) is 5. The summed E-state index contributed by atoms with van der Waals surface area (Å²) in [5, 5.41) is 10.7. The number of carbonyl (C=O) groups is 1. The van der Waals surface area contributed by atoms with Gasteiger partial charge in [-0.3, -0.25) is 0 Å². The van der Waals surface area contributed by atoms with Crippen LogP contribution < -0.4 is 4.74 Å². The summed E-state index contributed by atoms with van der Waals surface area (Å²) < 4.78 is 30.6. The van der Waals surface area contributed by atoms with Crippen LogP contribution in [0.2, 0.25) is 5.02 Å². The van der Waals surface area contributed by atoms with E-state index in [0.717, 1.165) is 11.6 Å². The minimum atomic E-state index is -1.32. The molecule has 1 aliphatic rings. The molecule has 36 heavy (non-hydrogen) atoms. The minimum Gasteiger partial charge on any atom is -0.454 e. The van der Waals surface area contributed by atoms with Crippen LogP contribution in [0.25, 0.3) is 5.03 Å². The smallest absolute Gasteiger partial charge is 0.454 e. The van der Waals surface area contributed by atoms with Crippen molar-refractivity contribution in [3.63, 3.8) is 0 Å². The van der Waals surface area contributed by atoms with Crippen molar-refractivity contribution < 1.29 is 23.4 Å². The zero-order valence-corrected chi connectivity index (χ0v) is 21.0. The van der Waals surface area contributed by atoms with E-state index in [-0.39, 0.29) is 22.6 Å². The van der Waals surface area contributed by atoms with Crippen molar-refractivity contribution in [2.45, 2.75) is 26.1 Å². The topological polar surface area (TPSA) is 68.5 Å². The van der Waals surface area contributed by atoms with E-state index < -0.39 is 24.2 Å². The van der Waals surface area contributed by atoms with Gasteiger partial charge in [-0.25, -0.2) is 9.18 Å². The molecule has 1 aliphatic carbocycles. The third-order valence-electron chi connectivity index (χ3n) is 6.04. The van der Waals surface area contributed by atoms with Crippen LogP contribution in [-0.2, 0) is 9.47 Å². The molecule has 3 aromatic carbocycles. The highest BCUT2D eigenvalue weighted by atomic mass is 35.5. The number of para-hydroxylation sites is 1. The second-order valence-electron chi connectivity index (χ2n) is 8.89. The van der Waals surface area contributed by atoms with Gasteiger partial charge in [0.15, 0.2) is 11.6 Å². The van der Waals surface area contributed by atoms with Gasteiger partial charge in [-0.15, -0.1) is 0 Å². The number of halogens is 3. The number of benzene rings is 3. The first-order chi connectivity index (χ1) is 17.2. The lowest BCUT2D eigenvalue weighted by molar-refractivity contribution is 0.0255. The Kier molecular flexibility index (Phi) is 7.53. The molecular formula is C28H22Cl2FNO4. The maximum absolute atomic E-state index is 14.3. The molecule has 1 fully saturated rings. The number of nitrogens with zero attached hydrogens (tertiary/aromatic N) is 1. The molecule has 3 aromatic rings. The Hall–Kier alpha value is -3.53. The van der Waals surface area contributed by atoms with E-state index in [2.05, 4.69) is 0 Å². The molecule has 3 unspecified atom stereocenters. The number of rotatable bonds is 7. The Morgan fingerprint density at radius 2 is 1.81 bits per heavy atom. The summed E-state index contributed by atoms with van der Waals surface area (Å²) in [6.07, 6.45) is -0.981. The molecule has 0 amide bonds. The molecule has 8 heteroatoms. The van der Waals surface area contributed by atoms with Crippen LogP contribution in [0.4, 0.5) is 9.18 Å². The van der Waals surface area contributed by atoms with Gasteiger partial charge in [-0.2, -0.15) is 5.26 Å². The third-order valence-corrected chi connectivity index (χ3v) is 6.64. The highest BCUT2D eigenvalue weighted by Crippen LogP contribution is 2.56. The van der Waals surface area contributed by atoms with E-state index in [1.165, 1.54) is 12.1 Å². The number of hydrogen-bond donors (Lipinski definition) is 0. The maximum atomic E-state index is 14.3. The molecule has 0 saturated heterocycles. The van der Waals surface area contributed by atoms with Crippen molar-refractivity contribution in [3.8, 4) is 17.6 Å². The SMILES string of the molecule is CC1(C)C(C=C(Cl)c2ccc(Cl)cc2)C1OC(=O)OC(C#N)c1ccc(F)c(Oc2ccccc2)c1. The molecule has 0 aromatic heterocycles. The van der Waals surface area contributed by atoms with Crippen LogP contribution in [0.15, 0.2) is 78.9 Å². The summed E-state index contributed by atoms with van der Waals surface area (Å²) in [6, 6.07) is 21.4. The van der Waals surface area contributed by atoms with Gasteiger partial charge in [-0.05, 0) is 42.0 Å². The van der Waals surface area contributed by atoms with Crippen molar-refractivity contribution in [1.82, 2.24) is 0 Å². The molecule has 0 heterocycles. The molecule has 0 spiro atoms. The molecule has 1 saturated carbocycles. The van der Waals surface area contributed by atoms with Crippen LogP contribution >= 0.6 is 23.2 Å². The average Bonchev–Trinajstić information content (AvgIpc) is 3.37. The lowest BCUT2D eigenvalue weighted by atomic mass is 10.1. The van der Waals surface area contributed by atoms with Crippen LogP contribution in [0.5, 0.6) is 11.5 Å². The Morgan fingerprint density at radius 1 is 1.11 bits per heavy atom. The largest absolute Gasteiger partial charge is 0.510 e. The van der Waals surface area contributed by atoms with Gasteiger partial charge < -0.3 is 14.2 Å². The van der Waals surface area contributed by atoms with Gasteiger partial charge in [-0.1, -0.05) is 79.5 Å². The predicted molar refractivity (Wildman–Crippen MR) is 135 cm³/mol. The second-order valence-corrected chi connectivity index (χ2v) is 9.73. The Bertz CT molecular complexity index is 1320. The average molecular weight is 526 g/mol. The van der Waals surface area contributed by atoms with E-state index in [4.69, 9.17) is 37.4 Å². The fourth-order valence-electron chi connectivity index (χ4n) is 3.79. The summed E-state index contributed by atoms with van der Waals surface area (Å²) in [7, 11) is 0. The van der Waals surface area contributed by atoms with E-state index in [1.54, 1.807) is 54.6 Å². The van der Waals surface area contributed by atoms with Crippen LogP contribution in [0.3, 0.4) is 0 Å². The molecule has 4 rings (SSSR count). The Labute approximate surface area is 218 Å². The van der Waals surface area contributed by atoms with E-state index in [0.29, 0.717) is 15.8 Å². The van der Waals surface area contributed by atoms with Crippen molar-refractivity contribution in [3.05, 3.63) is 101 Å². The van der Waals surface area contributed by atoms with Gasteiger partial charge in [0, 0.05) is 27.0 Å². The standard InChI is InChI=1S/C28H22Cl2FNO4/c1-28(2)21(15-22(30)17-8-11-19(29)12-9-17)26(28)36-27(33)35-25(16-32)18-10-13-23(31)24(14-18)34-20-6-4-3-5-7-20/h3-15,21,25-26H,1-2H3. The number of nitriles is 1. The second kappa shape index (κ2) is 10.6.